The van der Waals surface area contributed by atoms with Crippen molar-refractivity contribution in [2.75, 3.05) is 30.5 Å². The molecule has 1 atom stereocenters. The normalized spacial score (nSPS) is 12.0. The Morgan fingerprint density at radius 1 is 1.32 bits per heavy atom. The number of carbonyl (C=O) groups excluding carboxylic acids is 2. The van der Waals surface area contributed by atoms with Gasteiger partial charge in [0.25, 0.3) is 0 Å². The van der Waals surface area contributed by atoms with Gasteiger partial charge in [0.15, 0.2) is 5.82 Å². The molecule has 2 amide bonds. The molecule has 1 unspecified atom stereocenters. The number of hydrogen-bond donors (Lipinski definition) is 2. The van der Waals surface area contributed by atoms with Crippen molar-refractivity contribution in [3.05, 3.63) is 36.1 Å². The Balaban J connectivity index is 1.88. The van der Waals surface area contributed by atoms with E-state index in [4.69, 9.17) is 4.52 Å². The molecular formula is C17H22N4O3S. The van der Waals surface area contributed by atoms with Gasteiger partial charge in [-0.15, -0.1) is 11.8 Å². The van der Waals surface area contributed by atoms with Crippen LogP contribution in [0.2, 0.25) is 0 Å². The van der Waals surface area contributed by atoms with Crippen LogP contribution in [0.4, 0.5) is 11.5 Å². The van der Waals surface area contributed by atoms with Crippen molar-refractivity contribution in [1.29, 1.82) is 0 Å². The van der Waals surface area contributed by atoms with Crippen LogP contribution < -0.4 is 10.6 Å². The molecule has 0 bridgehead atoms. The predicted octanol–water partition coefficient (Wildman–Crippen LogP) is 2.60. The fourth-order valence-corrected chi connectivity index (χ4v) is 2.58. The lowest BCUT2D eigenvalue weighted by Gasteiger charge is -2.23. The number of hydrogen-bond acceptors (Lipinski definition) is 6. The Labute approximate surface area is 151 Å². The van der Waals surface area contributed by atoms with Crippen LogP contribution in [0.5, 0.6) is 0 Å². The van der Waals surface area contributed by atoms with Gasteiger partial charge in [0, 0.05) is 16.6 Å². The Morgan fingerprint density at radius 3 is 2.72 bits per heavy atom. The molecule has 0 radical (unpaired) electrons. The standard InChI is InChI=1S/C17H22N4O3S/c1-11-8-15(20-24-11)19-16(22)10-21(3)12(2)17(23)18-13-6-5-7-14(9-13)25-4/h5-9,12H,10H2,1-4H3,(H,18,23)(H,19,20,22). The zero-order valence-corrected chi connectivity index (χ0v) is 15.5. The van der Waals surface area contributed by atoms with Crippen molar-refractivity contribution in [3.8, 4) is 0 Å². The van der Waals surface area contributed by atoms with Gasteiger partial charge in [0.1, 0.15) is 5.76 Å². The van der Waals surface area contributed by atoms with Crippen LogP contribution >= 0.6 is 11.8 Å². The van der Waals surface area contributed by atoms with Gasteiger partial charge in [-0.05, 0) is 45.4 Å². The molecule has 8 heteroatoms. The molecule has 0 aliphatic rings. The first-order valence-electron chi connectivity index (χ1n) is 7.77. The van der Waals surface area contributed by atoms with Crippen molar-refractivity contribution in [3.63, 3.8) is 0 Å². The fraction of sp³-hybridized carbons (Fsp3) is 0.353. The van der Waals surface area contributed by atoms with Crippen molar-refractivity contribution >= 4 is 35.1 Å². The average molecular weight is 362 g/mol. The summed E-state index contributed by atoms with van der Waals surface area (Å²) >= 11 is 1.61. The Hall–Kier alpha value is -2.32. The first kappa shape index (κ1) is 19.0. The Kier molecular flexibility index (Phi) is 6.60. The summed E-state index contributed by atoms with van der Waals surface area (Å²) < 4.78 is 4.90. The largest absolute Gasteiger partial charge is 0.360 e. The van der Waals surface area contributed by atoms with E-state index in [0.29, 0.717) is 11.6 Å². The zero-order valence-electron chi connectivity index (χ0n) is 14.7. The van der Waals surface area contributed by atoms with Gasteiger partial charge in [-0.2, -0.15) is 0 Å². The first-order valence-corrected chi connectivity index (χ1v) is 9.00. The van der Waals surface area contributed by atoms with Gasteiger partial charge >= 0.3 is 0 Å². The summed E-state index contributed by atoms with van der Waals surface area (Å²) in [4.78, 5) is 27.1. The monoisotopic (exact) mass is 362 g/mol. The summed E-state index contributed by atoms with van der Waals surface area (Å²) in [6, 6.07) is 8.78. The fourth-order valence-electron chi connectivity index (χ4n) is 2.12. The number of aryl methyl sites for hydroxylation is 1. The van der Waals surface area contributed by atoms with Gasteiger partial charge < -0.3 is 15.2 Å². The minimum atomic E-state index is -0.470. The van der Waals surface area contributed by atoms with Gasteiger partial charge in [0.05, 0.1) is 12.6 Å². The predicted molar refractivity (Wildman–Crippen MR) is 98.8 cm³/mol. The van der Waals surface area contributed by atoms with E-state index in [2.05, 4.69) is 15.8 Å². The molecular weight excluding hydrogens is 340 g/mol. The molecule has 0 spiro atoms. The molecule has 7 nitrogen and oxygen atoms in total. The lowest BCUT2D eigenvalue weighted by molar-refractivity contribution is -0.122. The van der Waals surface area contributed by atoms with E-state index in [0.717, 1.165) is 10.6 Å². The quantitative estimate of drug-likeness (QED) is 0.736. The summed E-state index contributed by atoms with van der Waals surface area (Å²) in [5.41, 5.74) is 0.736. The van der Waals surface area contributed by atoms with Crippen LogP contribution in [0.3, 0.4) is 0 Å². The number of rotatable bonds is 7. The van der Waals surface area contributed by atoms with Crippen molar-refractivity contribution in [2.24, 2.45) is 0 Å². The highest BCUT2D eigenvalue weighted by molar-refractivity contribution is 7.98. The first-order chi connectivity index (χ1) is 11.9. The maximum absolute atomic E-state index is 12.4. The second kappa shape index (κ2) is 8.68. The van der Waals surface area contributed by atoms with E-state index in [-0.39, 0.29) is 18.4 Å². The van der Waals surface area contributed by atoms with E-state index in [9.17, 15) is 9.59 Å². The van der Waals surface area contributed by atoms with Gasteiger partial charge in [0.2, 0.25) is 11.8 Å². The molecule has 1 aromatic heterocycles. The highest BCUT2D eigenvalue weighted by Crippen LogP contribution is 2.19. The number of thioether (sulfide) groups is 1. The molecule has 2 aromatic rings. The molecule has 1 aromatic carbocycles. The number of carbonyl (C=O) groups is 2. The lowest BCUT2D eigenvalue weighted by Crippen LogP contribution is -2.43. The van der Waals surface area contributed by atoms with E-state index in [1.165, 1.54) is 0 Å². The number of aromatic nitrogens is 1. The van der Waals surface area contributed by atoms with E-state index >= 15 is 0 Å². The van der Waals surface area contributed by atoms with Gasteiger partial charge in [-0.25, -0.2) is 0 Å². The van der Waals surface area contributed by atoms with Crippen LogP contribution in [0.25, 0.3) is 0 Å². The van der Waals surface area contributed by atoms with Crippen molar-refractivity contribution in [1.82, 2.24) is 10.1 Å². The topological polar surface area (TPSA) is 87.5 Å². The van der Waals surface area contributed by atoms with Crippen molar-refractivity contribution < 1.29 is 14.1 Å². The zero-order chi connectivity index (χ0) is 18.4. The molecule has 134 valence electrons. The maximum atomic E-state index is 12.4. The molecule has 25 heavy (non-hydrogen) atoms. The number of amides is 2. The number of benzene rings is 1. The number of anilines is 2. The number of nitrogens with one attached hydrogen (secondary N) is 2. The maximum Gasteiger partial charge on any atom is 0.241 e. The third-order valence-corrected chi connectivity index (χ3v) is 4.39. The smallest absolute Gasteiger partial charge is 0.241 e. The molecule has 1 heterocycles. The van der Waals surface area contributed by atoms with Crippen molar-refractivity contribution in [2.45, 2.75) is 24.8 Å². The minimum Gasteiger partial charge on any atom is -0.360 e. The summed E-state index contributed by atoms with van der Waals surface area (Å²) in [5, 5.41) is 9.21. The molecule has 2 N–H and O–H groups in total. The summed E-state index contributed by atoms with van der Waals surface area (Å²) in [6.45, 7) is 3.56. The molecule has 0 aliphatic carbocycles. The average Bonchev–Trinajstić information content (AvgIpc) is 2.98. The minimum absolute atomic E-state index is 0.0609. The third kappa shape index (κ3) is 5.61. The van der Waals surface area contributed by atoms with E-state index < -0.39 is 6.04 Å². The molecule has 2 rings (SSSR count). The van der Waals surface area contributed by atoms with Crippen LogP contribution in [0, 0.1) is 6.92 Å². The highest BCUT2D eigenvalue weighted by atomic mass is 32.2. The van der Waals surface area contributed by atoms with E-state index in [1.807, 2.05) is 30.5 Å². The summed E-state index contributed by atoms with van der Waals surface area (Å²) in [7, 11) is 1.72. The highest BCUT2D eigenvalue weighted by Gasteiger charge is 2.20. The second-order valence-corrected chi connectivity index (χ2v) is 6.56. The number of nitrogens with zero attached hydrogens (tertiary/aromatic N) is 2. The summed E-state index contributed by atoms with van der Waals surface area (Å²) in [6.07, 6.45) is 1.98. The summed E-state index contributed by atoms with van der Waals surface area (Å²) in [5.74, 6) is 0.538. The Bertz CT molecular complexity index is 747. The van der Waals surface area contributed by atoms with Crippen LogP contribution in [-0.2, 0) is 9.59 Å². The second-order valence-electron chi connectivity index (χ2n) is 5.68. The SMILES string of the molecule is CSc1cccc(NC(=O)C(C)N(C)CC(=O)Nc2cc(C)on2)c1. The lowest BCUT2D eigenvalue weighted by atomic mass is 10.2. The molecule has 0 saturated carbocycles. The van der Waals surface area contributed by atoms with Crippen LogP contribution in [-0.4, -0.2) is 47.8 Å². The Morgan fingerprint density at radius 2 is 2.08 bits per heavy atom. The van der Waals surface area contributed by atoms with Crippen LogP contribution in [0.15, 0.2) is 39.8 Å². The molecule has 0 fully saturated rings. The third-order valence-electron chi connectivity index (χ3n) is 3.67. The van der Waals surface area contributed by atoms with E-state index in [1.54, 1.807) is 43.6 Å². The molecule has 0 saturated heterocycles. The van der Waals surface area contributed by atoms with Gasteiger partial charge in [-0.3, -0.25) is 14.5 Å². The van der Waals surface area contributed by atoms with Gasteiger partial charge in [-0.1, -0.05) is 11.2 Å². The molecule has 0 aliphatic heterocycles. The number of likely N-dealkylation sites (N-methyl/N-ethyl adjacent to an activating group) is 1. The van der Waals surface area contributed by atoms with Crippen LogP contribution in [0.1, 0.15) is 12.7 Å².